The summed E-state index contributed by atoms with van der Waals surface area (Å²) in [6, 6.07) is 12.8. The van der Waals surface area contributed by atoms with Crippen molar-refractivity contribution in [1.82, 2.24) is 10.3 Å². The normalized spacial score (nSPS) is 15.3. The lowest BCUT2D eigenvalue weighted by Gasteiger charge is -2.38. The molecule has 0 radical (unpaired) electrons. The first-order valence-electron chi connectivity index (χ1n) is 7.51. The van der Waals surface area contributed by atoms with E-state index < -0.39 is 0 Å². The lowest BCUT2D eigenvalue weighted by molar-refractivity contribution is 0.648. The third-order valence-corrected chi connectivity index (χ3v) is 3.99. The molecule has 1 aliphatic rings. The largest absolute Gasteiger partial charge is 0.368 e. The van der Waals surface area contributed by atoms with Crippen LogP contribution in [0, 0.1) is 0 Å². The number of rotatable bonds is 4. The van der Waals surface area contributed by atoms with Gasteiger partial charge in [0.25, 0.3) is 0 Å². The van der Waals surface area contributed by atoms with Crippen LogP contribution in [-0.2, 0) is 6.54 Å². The molecule has 2 aromatic rings. The summed E-state index contributed by atoms with van der Waals surface area (Å²) in [6.07, 6.45) is 3.85. The van der Waals surface area contributed by atoms with E-state index in [0.717, 1.165) is 32.7 Å². The lowest BCUT2D eigenvalue weighted by atomic mass is 10.1. The summed E-state index contributed by atoms with van der Waals surface area (Å²) in [6.45, 7) is 5.09. The van der Waals surface area contributed by atoms with Gasteiger partial charge in [0.1, 0.15) is 0 Å². The molecule has 1 N–H and O–H groups in total. The average Bonchev–Trinajstić information content (AvgIpc) is 2.57. The van der Waals surface area contributed by atoms with E-state index in [1.54, 1.807) is 0 Å². The predicted octanol–water partition coefficient (Wildman–Crippen LogP) is 2.13. The summed E-state index contributed by atoms with van der Waals surface area (Å²) in [5.74, 6) is 0. The highest BCUT2D eigenvalue weighted by Gasteiger charge is 2.19. The fraction of sp³-hybridized carbons (Fsp3) is 0.353. The molecule has 1 aliphatic heterocycles. The van der Waals surface area contributed by atoms with Crippen LogP contribution in [0.4, 0.5) is 11.4 Å². The van der Waals surface area contributed by atoms with E-state index in [4.69, 9.17) is 0 Å². The van der Waals surface area contributed by atoms with Crippen molar-refractivity contribution in [3.63, 3.8) is 0 Å². The summed E-state index contributed by atoms with van der Waals surface area (Å²) in [5.41, 5.74) is 3.91. The van der Waals surface area contributed by atoms with Gasteiger partial charge >= 0.3 is 0 Å². The summed E-state index contributed by atoms with van der Waals surface area (Å²) < 4.78 is 0. The highest BCUT2D eigenvalue weighted by molar-refractivity contribution is 5.55. The summed E-state index contributed by atoms with van der Waals surface area (Å²) in [7, 11) is 1.98. The molecule has 0 amide bonds. The molecule has 0 unspecified atom stereocenters. The number of aromatic nitrogens is 1. The predicted molar refractivity (Wildman–Crippen MR) is 87.9 cm³/mol. The monoisotopic (exact) mass is 282 g/mol. The fourth-order valence-electron chi connectivity index (χ4n) is 2.90. The van der Waals surface area contributed by atoms with Crippen molar-refractivity contribution in [3.8, 4) is 0 Å². The van der Waals surface area contributed by atoms with E-state index in [1.807, 2.05) is 19.4 Å². The van der Waals surface area contributed by atoms with Gasteiger partial charge in [0.15, 0.2) is 0 Å². The van der Waals surface area contributed by atoms with Gasteiger partial charge in [0.05, 0.1) is 0 Å². The quantitative estimate of drug-likeness (QED) is 0.931. The SMILES string of the molecule is CNCc1cnccc1N1CCN(c2ccccc2)CC1. The Kier molecular flexibility index (Phi) is 4.36. The Hall–Kier alpha value is -2.07. The van der Waals surface area contributed by atoms with Crippen molar-refractivity contribution >= 4 is 11.4 Å². The van der Waals surface area contributed by atoms with Gasteiger partial charge in [-0.1, -0.05) is 18.2 Å². The second kappa shape index (κ2) is 6.59. The molecule has 110 valence electrons. The number of nitrogens with one attached hydrogen (secondary N) is 1. The van der Waals surface area contributed by atoms with Crippen LogP contribution >= 0.6 is 0 Å². The number of para-hydroxylation sites is 1. The molecule has 0 spiro atoms. The van der Waals surface area contributed by atoms with Gasteiger partial charge < -0.3 is 15.1 Å². The van der Waals surface area contributed by atoms with E-state index in [1.165, 1.54) is 16.9 Å². The van der Waals surface area contributed by atoms with Crippen molar-refractivity contribution in [2.45, 2.75) is 6.54 Å². The Morgan fingerprint density at radius 3 is 2.43 bits per heavy atom. The number of nitrogens with zero attached hydrogens (tertiary/aromatic N) is 3. The number of benzene rings is 1. The zero-order chi connectivity index (χ0) is 14.5. The summed E-state index contributed by atoms with van der Waals surface area (Å²) >= 11 is 0. The van der Waals surface area contributed by atoms with Crippen LogP contribution in [-0.4, -0.2) is 38.2 Å². The number of hydrogen-bond acceptors (Lipinski definition) is 4. The van der Waals surface area contributed by atoms with Gasteiger partial charge in [0, 0.05) is 62.1 Å². The molecule has 2 heterocycles. The smallest absolute Gasteiger partial charge is 0.0444 e. The Balaban J connectivity index is 1.69. The van der Waals surface area contributed by atoms with Crippen LogP contribution in [0.1, 0.15) is 5.56 Å². The minimum absolute atomic E-state index is 0.863. The minimum Gasteiger partial charge on any atom is -0.368 e. The van der Waals surface area contributed by atoms with Crippen LogP contribution in [0.3, 0.4) is 0 Å². The first kappa shape index (κ1) is 13.9. The maximum absolute atomic E-state index is 4.24. The van der Waals surface area contributed by atoms with Crippen LogP contribution in [0.25, 0.3) is 0 Å². The molecule has 0 bridgehead atoms. The van der Waals surface area contributed by atoms with E-state index in [9.17, 15) is 0 Å². The van der Waals surface area contributed by atoms with Crippen molar-refractivity contribution < 1.29 is 0 Å². The molecule has 4 nitrogen and oxygen atoms in total. The molecule has 3 rings (SSSR count). The Morgan fingerprint density at radius 1 is 1.00 bits per heavy atom. The highest BCUT2D eigenvalue weighted by Crippen LogP contribution is 2.23. The van der Waals surface area contributed by atoms with Gasteiger partial charge in [-0.25, -0.2) is 0 Å². The third kappa shape index (κ3) is 3.16. The number of anilines is 2. The topological polar surface area (TPSA) is 31.4 Å². The van der Waals surface area contributed by atoms with E-state index >= 15 is 0 Å². The van der Waals surface area contributed by atoms with E-state index in [0.29, 0.717) is 0 Å². The van der Waals surface area contributed by atoms with E-state index in [2.05, 4.69) is 56.5 Å². The number of pyridine rings is 1. The molecule has 1 saturated heterocycles. The van der Waals surface area contributed by atoms with Crippen molar-refractivity contribution in [1.29, 1.82) is 0 Å². The molecule has 4 heteroatoms. The molecule has 0 saturated carbocycles. The van der Waals surface area contributed by atoms with Gasteiger partial charge in [-0.05, 0) is 25.2 Å². The zero-order valence-electron chi connectivity index (χ0n) is 12.5. The van der Waals surface area contributed by atoms with Crippen molar-refractivity contribution in [3.05, 3.63) is 54.4 Å². The molecular weight excluding hydrogens is 260 g/mol. The minimum atomic E-state index is 0.863. The van der Waals surface area contributed by atoms with Crippen LogP contribution in [0.2, 0.25) is 0 Å². The fourth-order valence-corrected chi connectivity index (χ4v) is 2.90. The highest BCUT2D eigenvalue weighted by atomic mass is 15.3. The molecule has 0 aliphatic carbocycles. The standard InChI is InChI=1S/C17H22N4/c1-18-13-15-14-19-8-7-17(15)21-11-9-20(10-12-21)16-5-3-2-4-6-16/h2-8,14,18H,9-13H2,1H3. The third-order valence-electron chi connectivity index (χ3n) is 3.99. The first-order valence-corrected chi connectivity index (χ1v) is 7.51. The molecule has 1 fully saturated rings. The Labute approximate surface area is 126 Å². The molecule has 21 heavy (non-hydrogen) atoms. The van der Waals surface area contributed by atoms with Crippen LogP contribution in [0.5, 0.6) is 0 Å². The maximum Gasteiger partial charge on any atom is 0.0444 e. The van der Waals surface area contributed by atoms with Crippen molar-refractivity contribution in [2.75, 3.05) is 43.0 Å². The van der Waals surface area contributed by atoms with Crippen LogP contribution in [0.15, 0.2) is 48.8 Å². The molecular formula is C17H22N4. The first-order chi connectivity index (χ1) is 10.4. The maximum atomic E-state index is 4.24. The summed E-state index contributed by atoms with van der Waals surface area (Å²) in [5, 5.41) is 3.22. The number of piperazine rings is 1. The van der Waals surface area contributed by atoms with Gasteiger partial charge in [0.2, 0.25) is 0 Å². The zero-order valence-corrected chi connectivity index (χ0v) is 12.5. The van der Waals surface area contributed by atoms with E-state index in [-0.39, 0.29) is 0 Å². The second-order valence-electron chi connectivity index (χ2n) is 5.34. The van der Waals surface area contributed by atoms with Crippen LogP contribution < -0.4 is 15.1 Å². The Bertz CT molecular complexity index is 562. The Morgan fingerprint density at radius 2 is 1.71 bits per heavy atom. The van der Waals surface area contributed by atoms with Gasteiger partial charge in [-0.3, -0.25) is 4.98 Å². The second-order valence-corrected chi connectivity index (χ2v) is 5.34. The number of hydrogen-bond donors (Lipinski definition) is 1. The summed E-state index contributed by atoms with van der Waals surface area (Å²) in [4.78, 5) is 9.16. The van der Waals surface area contributed by atoms with Crippen molar-refractivity contribution in [2.24, 2.45) is 0 Å². The molecule has 1 aromatic carbocycles. The molecule has 1 aromatic heterocycles. The lowest BCUT2D eigenvalue weighted by Crippen LogP contribution is -2.46. The van der Waals surface area contributed by atoms with Gasteiger partial charge in [-0.15, -0.1) is 0 Å². The average molecular weight is 282 g/mol. The van der Waals surface area contributed by atoms with Gasteiger partial charge in [-0.2, -0.15) is 0 Å². The molecule has 0 atom stereocenters.